The molecule has 0 aliphatic rings. The number of anilines is 1. The van der Waals surface area contributed by atoms with Gasteiger partial charge in [-0.2, -0.15) is 0 Å². The smallest absolute Gasteiger partial charge is 0.234 e. The van der Waals surface area contributed by atoms with Crippen molar-refractivity contribution in [1.29, 1.82) is 0 Å². The second kappa shape index (κ2) is 7.99. The Morgan fingerprint density at radius 2 is 2.26 bits per heavy atom. The van der Waals surface area contributed by atoms with Crippen molar-refractivity contribution in [2.24, 2.45) is 0 Å². The SMILES string of the molecule is COCCNC(=O)CN(C)Cc1cc(N)ccc1Cl. The first-order chi connectivity index (χ1) is 9.02. The van der Waals surface area contributed by atoms with E-state index in [1.165, 1.54) is 0 Å². The molecule has 6 heteroatoms. The quantitative estimate of drug-likeness (QED) is 0.582. The Hall–Kier alpha value is -1.30. The van der Waals surface area contributed by atoms with Crippen LogP contribution in [0.25, 0.3) is 0 Å². The molecule has 0 radical (unpaired) electrons. The van der Waals surface area contributed by atoms with Gasteiger partial charge in [0.2, 0.25) is 5.91 Å². The van der Waals surface area contributed by atoms with Crippen LogP contribution in [0.1, 0.15) is 5.56 Å². The number of amides is 1. The number of halogens is 1. The number of ether oxygens (including phenoxy) is 1. The lowest BCUT2D eigenvalue weighted by molar-refractivity contribution is -0.122. The predicted molar refractivity (Wildman–Crippen MR) is 77.1 cm³/mol. The molecular weight excluding hydrogens is 266 g/mol. The Morgan fingerprint density at radius 3 is 2.95 bits per heavy atom. The molecule has 1 rings (SSSR count). The minimum absolute atomic E-state index is 0.0421. The molecule has 0 saturated carbocycles. The van der Waals surface area contributed by atoms with Gasteiger partial charge in [-0.3, -0.25) is 9.69 Å². The van der Waals surface area contributed by atoms with Gasteiger partial charge < -0.3 is 15.8 Å². The summed E-state index contributed by atoms with van der Waals surface area (Å²) >= 11 is 6.08. The van der Waals surface area contributed by atoms with Crippen molar-refractivity contribution in [3.8, 4) is 0 Å². The van der Waals surface area contributed by atoms with E-state index in [1.807, 2.05) is 18.0 Å². The average molecular weight is 286 g/mol. The van der Waals surface area contributed by atoms with E-state index in [9.17, 15) is 4.79 Å². The van der Waals surface area contributed by atoms with Crippen molar-refractivity contribution in [3.63, 3.8) is 0 Å². The molecule has 0 bridgehead atoms. The summed E-state index contributed by atoms with van der Waals surface area (Å²) in [6, 6.07) is 5.34. The maximum absolute atomic E-state index is 11.6. The van der Waals surface area contributed by atoms with Crippen LogP contribution in [0.4, 0.5) is 5.69 Å². The van der Waals surface area contributed by atoms with Crippen LogP contribution in [0.3, 0.4) is 0 Å². The fourth-order valence-corrected chi connectivity index (χ4v) is 1.83. The molecule has 1 aromatic rings. The van der Waals surface area contributed by atoms with Crippen LogP contribution in [0.5, 0.6) is 0 Å². The highest BCUT2D eigenvalue weighted by Gasteiger charge is 2.09. The summed E-state index contributed by atoms with van der Waals surface area (Å²) in [7, 11) is 3.45. The number of rotatable bonds is 7. The van der Waals surface area contributed by atoms with Crippen molar-refractivity contribution < 1.29 is 9.53 Å². The summed E-state index contributed by atoms with van der Waals surface area (Å²) in [6.07, 6.45) is 0. The van der Waals surface area contributed by atoms with Crippen LogP contribution in [-0.2, 0) is 16.1 Å². The Labute approximate surface area is 118 Å². The molecule has 19 heavy (non-hydrogen) atoms. The lowest BCUT2D eigenvalue weighted by Gasteiger charge is -2.17. The van der Waals surface area contributed by atoms with E-state index >= 15 is 0 Å². The van der Waals surface area contributed by atoms with E-state index in [0.717, 1.165) is 5.56 Å². The number of carbonyl (C=O) groups is 1. The zero-order valence-corrected chi connectivity index (χ0v) is 12.0. The molecule has 0 aliphatic carbocycles. The Kier molecular flexibility index (Phi) is 6.62. The normalized spacial score (nSPS) is 10.7. The number of nitrogen functional groups attached to an aromatic ring is 1. The second-order valence-electron chi connectivity index (χ2n) is 4.37. The van der Waals surface area contributed by atoms with Gasteiger partial charge in [-0.1, -0.05) is 11.6 Å². The van der Waals surface area contributed by atoms with Crippen LogP contribution in [0.2, 0.25) is 5.02 Å². The molecule has 1 aromatic carbocycles. The first kappa shape index (κ1) is 15.8. The van der Waals surface area contributed by atoms with E-state index in [0.29, 0.717) is 37.0 Å². The minimum Gasteiger partial charge on any atom is -0.399 e. The van der Waals surface area contributed by atoms with Gasteiger partial charge in [0.25, 0.3) is 0 Å². The number of nitrogens with one attached hydrogen (secondary N) is 1. The first-order valence-corrected chi connectivity index (χ1v) is 6.39. The van der Waals surface area contributed by atoms with Gasteiger partial charge in [0.15, 0.2) is 0 Å². The number of methoxy groups -OCH3 is 1. The Balaban J connectivity index is 2.44. The average Bonchev–Trinajstić information content (AvgIpc) is 2.34. The highest BCUT2D eigenvalue weighted by atomic mass is 35.5. The second-order valence-corrected chi connectivity index (χ2v) is 4.77. The van der Waals surface area contributed by atoms with E-state index in [1.54, 1.807) is 19.2 Å². The first-order valence-electron chi connectivity index (χ1n) is 6.01. The van der Waals surface area contributed by atoms with Crippen molar-refractivity contribution in [2.75, 3.05) is 39.6 Å². The van der Waals surface area contributed by atoms with Gasteiger partial charge in [0, 0.05) is 30.9 Å². The molecular formula is C13H20ClN3O2. The number of likely N-dealkylation sites (N-methyl/N-ethyl adjacent to an activating group) is 1. The summed E-state index contributed by atoms with van der Waals surface area (Å²) < 4.78 is 4.86. The summed E-state index contributed by atoms with van der Waals surface area (Å²) in [5, 5.41) is 3.42. The third-order valence-electron chi connectivity index (χ3n) is 2.55. The highest BCUT2D eigenvalue weighted by Crippen LogP contribution is 2.19. The molecule has 3 N–H and O–H groups in total. The van der Waals surface area contributed by atoms with Gasteiger partial charge in [0.05, 0.1) is 13.2 Å². The van der Waals surface area contributed by atoms with Gasteiger partial charge >= 0.3 is 0 Å². The monoisotopic (exact) mass is 285 g/mol. The van der Waals surface area contributed by atoms with Gasteiger partial charge in [-0.25, -0.2) is 0 Å². The topological polar surface area (TPSA) is 67.6 Å². The third kappa shape index (κ3) is 5.92. The van der Waals surface area contributed by atoms with E-state index in [4.69, 9.17) is 22.1 Å². The number of hydrogen-bond acceptors (Lipinski definition) is 4. The maximum Gasteiger partial charge on any atom is 0.234 e. The summed E-state index contributed by atoms with van der Waals surface area (Å²) in [4.78, 5) is 13.5. The van der Waals surface area contributed by atoms with Gasteiger partial charge in [0.1, 0.15) is 0 Å². The zero-order chi connectivity index (χ0) is 14.3. The molecule has 0 unspecified atom stereocenters. The van der Waals surface area contributed by atoms with Crippen LogP contribution in [-0.4, -0.2) is 44.7 Å². The molecule has 1 amide bonds. The van der Waals surface area contributed by atoms with E-state index in [-0.39, 0.29) is 5.91 Å². The maximum atomic E-state index is 11.6. The Bertz CT molecular complexity index is 426. The summed E-state index contributed by atoms with van der Waals surface area (Å²) in [6.45, 7) is 1.90. The predicted octanol–water partition coefficient (Wildman–Crippen LogP) is 1.12. The number of nitrogens with two attached hydrogens (primary N) is 1. The van der Waals surface area contributed by atoms with Crippen LogP contribution < -0.4 is 11.1 Å². The number of benzene rings is 1. The van der Waals surface area contributed by atoms with Gasteiger partial charge in [-0.15, -0.1) is 0 Å². The lowest BCUT2D eigenvalue weighted by atomic mass is 10.2. The van der Waals surface area contributed by atoms with E-state index in [2.05, 4.69) is 5.32 Å². The molecule has 0 atom stereocenters. The zero-order valence-electron chi connectivity index (χ0n) is 11.3. The fraction of sp³-hybridized carbons (Fsp3) is 0.462. The standard InChI is InChI=1S/C13H20ClN3O2/c1-17(9-13(18)16-5-6-19-2)8-10-7-11(15)3-4-12(10)14/h3-4,7H,5-6,8-9,15H2,1-2H3,(H,16,18). The third-order valence-corrected chi connectivity index (χ3v) is 2.92. The van der Waals surface area contributed by atoms with Crippen molar-refractivity contribution in [3.05, 3.63) is 28.8 Å². The molecule has 5 nitrogen and oxygen atoms in total. The number of nitrogens with zero attached hydrogens (tertiary/aromatic N) is 1. The molecule has 0 fully saturated rings. The molecule has 0 aliphatic heterocycles. The highest BCUT2D eigenvalue weighted by molar-refractivity contribution is 6.31. The van der Waals surface area contributed by atoms with Crippen molar-refractivity contribution >= 4 is 23.2 Å². The van der Waals surface area contributed by atoms with Crippen LogP contribution in [0, 0.1) is 0 Å². The van der Waals surface area contributed by atoms with E-state index < -0.39 is 0 Å². The van der Waals surface area contributed by atoms with Crippen LogP contribution >= 0.6 is 11.6 Å². The minimum atomic E-state index is -0.0421. The Morgan fingerprint density at radius 1 is 1.53 bits per heavy atom. The largest absolute Gasteiger partial charge is 0.399 e. The number of carbonyl (C=O) groups excluding carboxylic acids is 1. The molecule has 0 saturated heterocycles. The molecule has 0 aromatic heterocycles. The van der Waals surface area contributed by atoms with Crippen LogP contribution in [0.15, 0.2) is 18.2 Å². The fourth-order valence-electron chi connectivity index (χ4n) is 1.66. The molecule has 0 heterocycles. The van der Waals surface area contributed by atoms with Gasteiger partial charge in [-0.05, 0) is 30.8 Å². The lowest BCUT2D eigenvalue weighted by Crippen LogP contribution is -2.36. The van der Waals surface area contributed by atoms with Crippen molar-refractivity contribution in [2.45, 2.75) is 6.54 Å². The summed E-state index contributed by atoms with van der Waals surface area (Å²) in [5.74, 6) is -0.0421. The number of hydrogen-bond donors (Lipinski definition) is 2. The van der Waals surface area contributed by atoms with Crippen molar-refractivity contribution in [1.82, 2.24) is 10.2 Å². The molecule has 0 spiro atoms. The summed E-state index contributed by atoms with van der Waals surface area (Å²) in [5.41, 5.74) is 7.29. The molecule has 106 valence electrons.